The van der Waals surface area contributed by atoms with Gasteiger partial charge in [-0.15, -0.1) is 10.2 Å². The van der Waals surface area contributed by atoms with Gasteiger partial charge < -0.3 is 9.73 Å². The summed E-state index contributed by atoms with van der Waals surface area (Å²) in [7, 11) is 0. The van der Waals surface area contributed by atoms with Crippen LogP contribution in [0.3, 0.4) is 0 Å². The summed E-state index contributed by atoms with van der Waals surface area (Å²) in [5.74, 6) is 0.221. The molecule has 0 saturated heterocycles. The maximum atomic E-state index is 12.0. The van der Waals surface area contributed by atoms with Crippen LogP contribution in [-0.2, 0) is 11.3 Å². The van der Waals surface area contributed by atoms with Crippen LogP contribution >= 0.6 is 11.8 Å². The van der Waals surface area contributed by atoms with Gasteiger partial charge in [-0.2, -0.15) is 0 Å². The molecule has 3 rings (SSSR count). The molecule has 134 valence electrons. The van der Waals surface area contributed by atoms with Crippen molar-refractivity contribution in [3.8, 4) is 5.69 Å². The summed E-state index contributed by atoms with van der Waals surface area (Å²) in [4.78, 5) is 23.7. The maximum absolute atomic E-state index is 12.0. The first-order valence-corrected chi connectivity index (χ1v) is 8.81. The fourth-order valence-electron chi connectivity index (χ4n) is 2.24. The molecule has 0 spiro atoms. The standard InChI is InChI=1S/C17H17N5O3S/c1-12-5-2-3-7-14(12)22-11-19-21-17(22)26-10-15(23)20-16(24)18-9-13-6-4-8-25-13/h2-8,11H,9-10H2,1H3,(H2,18,20,23,24). The summed E-state index contributed by atoms with van der Waals surface area (Å²) in [6.45, 7) is 2.20. The van der Waals surface area contributed by atoms with E-state index in [-0.39, 0.29) is 12.3 Å². The summed E-state index contributed by atoms with van der Waals surface area (Å²) in [6.07, 6.45) is 3.11. The van der Waals surface area contributed by atoms with E-state index in [4.69, 9.17) is 4.42 Å². The van der Waals surface area contributed by atoms with Gasteiger partial charge in [0.2, 0.25) is 5.91 Å². The Morgan fingerprint density at radius 3 is 2.85 bits per heavy atom. The molecule has 3 aromatic rings. The average Bonchev–Trinajstić information content (AvgIpc) is 3.30. The van der Waals surface area contributed by atoms with Gasteiger partial charge >= 0.3 is 6.03 Å². The van der Waals surface area contributed by atoms with Crippen LogP contribution in [0, 0.1) is 6.92 Å². The molecule has 0 atom stereocenters. The van der Waals surface area contributed by atoms with Crippen LogP contribution in [0.2, 0.25) is 0 Å². The fraction of sp³-hybridized carbons (Fsp3) is 0.176. The molecule has 3 amide bonds. The molecule has 0 fully saturated rings. The van der Waals surface area contributed by atoms with Gasteiger partial charge in [-0.25, -0.2) is 4.79 Å². The highest BCUT2D eigenvalue weighted by molar-refractivity contribution is 7.99. The average molecular weight is 371 g/mol. The van der Waals surface area contributed by atoms with Crippen molar-refractivity contribution in [2.24, 2.45) is 0 Å². The number of para-hydroxylation sites is 1. The number of furan rings is 1. The number of imide groups is 1. The first-order valence-electron chi connectivity index (χ1n) is 7.82. The van der Waals surface area contributed by atoms with E-state index in [1.165, 1.54) is 18.0 Å². The highest BCUT2D eigenvalue weighted by Crippen LogP contribution is 2.21. The molecule has 2 aromatic heterocycles. The Morgan fingerprint density at radius 2 is 2.08 bits per heavy atom. The van der Waals surface area contributed by atoms with E-state index in [1.54, 1.807) is 18.5 Å². The highest BCUT2D eigenvalue weighted by atomic mass is 32.2. The summed E-state index contributed by atoms with van der Waals surface area (Å²) in [5.41, 5.74) is 2.01. The second kappa shape index (κ2) is 8.34. The summed E-state index contributed by atoms with van der Waals surface area (Å²) >= 11 is 1.20. The first-order chi connectivity index (χ1) is 12.6. The summed E-state index contributed by atoms with van der Waals surface area (Å²) in [6, 6.07) is 10.7. The lowest BCUT2D eigenvalue weighted by Gasteiger charge is -2.09. The number of aryl methyl sites for hydroxylation is 1. The third kappa shape index (κ3) is 4.51. The van der Waals surface area contributed by atoms with Crippen molar-refractivity contribution in [1.29, 1.82) is 0 Å². The number of aromatic nitrogens is 3. The van der Waals surface area contributed by atoms with Crippen molar-refractivity contribution in [3.05, 3.63) is 60.3 Å². The van der Waals surface area contributed by atoms with E-state index in [9.17, 15) is 9.59 Å². The SMILES string of the molecule is Cc1ccccc1-n1cnnc1SCC(=O)NC(=O)NCc1ccco1. The molecule has 0 aliphatic carbocycles. The third-order valence-corrected chi connectivity index (χ3v) is 4.42. The van der Waals surface area contributed by atoms with Crippen molar-refractivity contribution in [1.82, 2.24) is 25.4 Å². The van der Waals surface area contributed by atoms with Gasteiger partial charge in [0.15, 0.2) is 5.16 Å². The van der Waals surface area contributed by atoms with Gasteiger partial charge in [-0.3, -0.25) is 14.7 Å². The number of rotatable bonds is 6. The topological polar surface area (TPSA) is 102 Å². The number of carbonyl (C=O) groups is 2. The van der Waals surface area contributed by atoms with Crippen LogP contribution in [-0.4, -0.2) is 32.5 Å². The summed E-state index contributed by atoms with van der Waals surface area (Å²) in [5, 5.41) is 13.3. The second-order valence-electron chi connectivity index (χ2n) is 5.37. The minimum absolute atomic E-state index is 0.0404. The van der Waals surface area contributed by atoms with E-state index in [0.29, 0.717) is 10.9 Å². The largest absolute Gasteiger partial charge is 0.467 e. The van der Waals surface area contributed by atoms with E-state index in [2.05, 4.69) is 20.8 Å². The predicted molar refractivity (Wildman–Crippen MR) is 95.9 cm³/mol. The zero-order valence-electron chi connectivity index (χ0n) is 14.0. The molecular formula is C17H17N5O3S. The lowest BCUT2D eigenvalue weighted by atomic mass is 10.2. The number of hydrogen-bond donors (Lipinski definition) is 2. The van der Waals surface area contributed by atoms with Crippen molar-refractivity contribution in [3.63, 3.8) is 0 Å². The Kier molecular flexibility index (Phi) is 5.69. The van der Waals surface area contributed by atoms with Crippen molar-refractivity contribution in [2.45, 2.75) is 18.6 Å². The Morgan fingerprint density at radius 1 is 1.23 bits per heavy atom. The molecule has 0 unspecified atom stereocenters. The van der Waals surface area contributed by atoms with E-state index in [0.717, 1.165) is 11.3 Å². The van der Waals surface area contributed by atoms with Crippen molar-refractivity contribution < 1.29 is 14.0 Å². The van der Waals surface area contributed by atoms with E-state index < -0.39 is 11.9 Å². The van der Waals surface area contributed by atoms with Gasteiger partial charge in [0.1, 0.15) is 12.1 Å². The number of benzene rings is 1. The molecule has 0 saturated carbocycles. The smallest absolute Gasteiger partial charge is 0.321 e. The highest BCUT2D eigenvalue weighted by Gasteiger charge is 2.13. The van der Waals surface area contributed by atoms with Crippen molar-refractivity contribution in [2.75, 3.05) is 5.75 Å². The fourth-order valence-corrected chi connectivity index (χ4v) is 2.96. The molecule has 2 N–H and O–H groups in total. The van der Waals surface area contributed by atoms with E-state index >= 15 is 0 Å². The zero-order chi connectivity index (χ0) is 18.4. The second-order valence-corrected chi connectivity index (χ2v) is 6.31. The number of amides is 3. The molecule has 0 aliphatic rings. The molecule has 8 nitrogen and oxygen atoms in total. The van der Waals surface area contributed by atoms with Crippen LogP contribution in [0.25, 0.3) is 5.69 Å². The lowest BCUT2D eigenvalue weighted by molar-refractivity contribution is -0.117. The van der Waals surface area contributed by atoms with Gasteiger partial charge in [0, 0.05) is 0 Å². The predicted octanol–water partition coefficient (Wildman–Crippen LogP) is 2.29. The Balaban J connectivity index is 1.51. The van der Waals surface area contributed by atoms with Crippen LogP contribution in [0.5, 0.6) is 0 Å². The van der Waals surface area contributed by atoms with Gasteiger partial charge in [0.25, 0.3) is 0 Å². The van der Waals surface area contributed by atoms with Gasteiger partial charge in [-0.1, -0.05) is 30.0 Å². The minimum atomic E-state index is -0.577. The minimum Gasteiger partial charge on any atom is -0.467 e. The van der Waals surface area contributed by atoms with Crippen LogP contribution in [0.15, 0.2) is 58.6 Å². The number of nitrogens with one attached hydrogen (secondary N) is 2. The molecule has 26 heavy (non-hydrogen) atoms. The molecule has 0 radical (unpaired) electrons. The lowest BCUT2D eigenvalue weighted by Crippen LogP contribution is -2.39. The normalized spacial score (nSPS) is 10.5. The zero-order valence-corrected chi connectivity index (χ0v) is 14.8. The molecule has 2 heterocycles. The molecule has 1 aromatic carbocycles. The number of hydrogen-bond acceptors (Lipinski definition) is 6. The molecule has 9 heteroatoms. The Bertz CT molecular complexity index is 891. The van der Waals surface area contributed by atoms with Gasteiger partial charge in [0.05, 0.1) is 24.2 Å². The number of carbonyl (C=O) groups excluding carboxylic acids is 2. The van der Waals surface area contributed by atoms with E-state index in [1.807, 2.05) is 35.8 Å². The summed E-state index contributed by atoms with van der Waals surface area (Å²) < 4.78 is 6.91. The number of thioether (sulfide) groups is 1. The Labute approximate surface area is 154 Å². The first kappa shape index (κ1) is 17.7. The number of urea groups is 1. The number of nitrogens with zero attached hydrogens (tertiary/aromatic N) is 3. The monoisotopic (exact) mass is 371 g/mol. The van der Waals surface area contributed by atoms with Crippen LogP contribution < -0.4 is 10.6 Å². The van der Waals surface area contributed by atoms with Crippen molar-refractivity contribution >= 4 is 23.7 Å². The Hall–Kier alpha value is -3.07. The molecule has 0 aliphatic heterocycles. The molecule has 0 bridgehead atoms. The third-order valence-electron chi connectivity index (χ3n) is 3.48. The molecular weight excluding hydrogens is 354 g/mol. The quantitative estimate of drug-likeness (QED) is 0.645. The maximum Gasteiger partial charge on any atom is 0.321 e. The van der Waals surface area contributed by atoms with Crippen LogP contribution in [0.4, 0.5) is 4.79 Å². The van der Waals surface area contributed by atoms with Crippen LogP contribution in [0.1, 0.15) is 11.3 Å². The van der Waals surface area contributed by atoms with Gasteiger partial charge in [-0.05, 0) is 30.7 Å².